The van der Waals surface area contributed by atoms with Crippen molar-refractivity contribution in [1.82, 2.24) is 20.2 Å². The summed E-state index contributed by atoms with van der Waals surface area (Å²) in [7, 11) is -0.133. The lowest BCUT2D eigenvalue weighted by atomic mass is 10.3. The molecule has 19 heavy (non-hydrogen) atoms. The maximum absolute atomic E-state index is 12.3. The van der Waals surface area contributed by atoms with Gasteiger partial charge in [-0.05, 0) is 26.3 Å². The van der Waals surface area contributed by atoms with Crippen molar-refractivity contribution >= 4 is 10.0 Å². The average molecular weight is 288 g/mol. The van der Waals surface area contributed by atoms with E-state index in [0.29, 0.717) is 18.5 Å². The first-order chi connectivity index (χ1) is 9.06. The van der Waals surface area contributed by atoms with Crippen LogP contribution in [0.1, 0.15) is 24.8 Å². The predicted molar refractivity (Wildman–Crippen MR) is 70.1 cm³/mol. The third kappa shape index (κ3) is 3.33. The molecule has 8 heteroatoms. The summed E-state index contributed by atoms with van der Waals surface area (Å²) in [5.74, 6) is 0. The highest BCUT2D eigenvalue weighted by Crippen LogP contribution is 2.23. The van der Waals surface area contributed by atoms with E-state index in [0.717, 1.165) is 12.8 Å². The molecule has 1 aromatic rings. The van der Waals surface area contributed by atoms with Crippen molar-refractivity contribution in [1.29, 1.82) is 0 Å². The monoisotopic (exact) mass is 288 g/mol. The molecule has 2 unspecified atom stereocenters. The standard InChI is InChI=1S/C11H20N4O3S/c1-12-6-8-7-13-14-11(8)19(16,17)15-9-3-4-10(5-9)18-2/h7,9-10,12,15H,3-6H2,1-2H3,(H,13,14). The molecule has 0 saturated heterocycles. The second kappa shape index (κ2) is 6.00. The lowest BCUT2D eigenvalue weighted by Gasteiger charge is -2.13. The molecule has 1 heterocycles. The molecule has 7 nitrogen and oxygen atoms in total. The maximum Gasteiger partial charge on any atom is 0.258 e. The van der Waals surface area contributed by atoms with Crippen molar-refractivity contribution in [3.05, 3.63) is 11.8 Å². The number of aromatic amines is 1. The zero-order chi connectivity index (χ0) is 13.9. The van der Waals surface area contributed by atoms with E-state index in [9.17, 15) is 8.42 Å². The first-order valence-corrected chi connectivity index (χ1v) is 7.77. The number of aromatic nitrogens is 2. The van der Waals surface area contributed by atoms with Gasteiger partial charge < -0.3 is 10.1 Å². The van der Waals surface area contributed by atoms with E-state index < -0.39 is 10.0 Å². The molecule has 1 fully saturated rings. The molecule has 1 aliphatic rings. The molecule has 0 aromatic carbocycles. The minimum absolute atomic E-state index is 0.0688. The Balaban J connectivity index is 2.08. The van der Waals surface area contributed by atoms with Crippen LogP contribution in [0.5, 0.6) is 0 Å². The second-order valence-corrected chi connectivity index (χ2v) is 6.39. The van der Waals surface area contributed by atoms with Crippen LogP contribution in [-0.2, 0) is 21.3 Å². The fraction of sp³-hybridized carbons (Fsp3) is 0.727. The van der Waals surface area contributed by atoms with Crippen LogP contribution in [0.25, 0.3) is 0 Å². The van der Waals surface area contributed by atoms with Gasteiger partial charge >= 0.3 is 0 Å². The number of hydrogen-bond acceptors (Lipinski definition) is 5. The van der Waals surface area contributed by atoms with E-state index in [1.54, 1.807) is 14.2 Å². The first kappa shape index (κ1) is 14.4. The number of ether oxygens (including phenoxy) is 1. The number of methoxy groups -OCH3 is 1. The Bertz CT molecular complexity index is 514. The van der Waals surface area contributed by atoms with Crippen LogP contribution in [0.4, 0.5) is 0 Å². The SMILES string of the molecule is CNCc1cn[nH]c1S(=O)(=O)NC1CCC(OC)C1. The largest absolute Gasteiger partial charge is 0.381 e. The molecular formula is C11H20N4O3S. The van der Waals surface area contributed by atoms with Crippen LogP contribution < -0.4 is 10.0 Å². The van der Waals surface area contributed by atoms with Gasteiger partial charge in [-0.3, -0.25) is 5.10 Å². The van der Waals surface area contributed by atoms with Crippen molar-refractivity contribution in [2.24, 2.45) is 0 Å². The topological polar surface area (TPSA) is 96.1 Å². The van der Waals surface area contributed by atoms with Gasteiger partial charge in [0.15, 0.2) is 5.03 Å². The van der Waals surface area contributed by atoms with Gasteiger partial charge in [0.05, 0.1) is 12.3 Å². The van der Waals surface area contributed by atoms with Gasteiger partial charge in [0.2, 0.25) is 0 Å². The number of nitrogens with one attached hydrogen (secondary N) is 3. The Morgan fingerprint density at radius 3 is 2.95 bits per heavy atom. The molecule has 2 atom stereocenters. The molecule has 1 saturated carbocycles. The van der Waals surface area contributed by atoms with Gasteiger partial charge in [0.1, 0.15) is 0 Å². The first-order valence-electron chi connectivity index (χ1n) is 6.28. The summed E-state index contributed by atoms with van der Waals surface area (Å²) >= 11 is 0. The zero-order valence-corrected chi connectivity index (χ0v) is 12.0. The van der Waals surface area contributed by atoms with Crippen molar-refractivity contribution in [3.63, 3.8) is 0 Å². The molecule has 0 bridgehead atoms. The van der Waals surface area contributed by atoms with Crippen molar-refractivity contribution < 1.29 is 13.2 Å². The van der Waals surface area contributed by atoms with Gasteiger partial charge in [0.25, 0.3) is 10.0 Å². The van der Waals surface area contributed by atoms with E-state index in [1.165, 1.54) is 6.20 Å². The molecule has 0 amide bonds. The average Bonchev–Trinajstić information content (AvgIpc) is 2.98. The zero-order valence-electron chi connectivity index (χ0n) is 11.1. The lowest BCUT2D eigenvalue weighted by molar-refractivity contribution is 0.107. The summed E-state index contributed by atoms with van der Waals surface area (Å²) < 4.78 is 32.5. The minimum atomic E-state index is -3.55. The maximum atomic E-state index is 12.3. The van der Waals surface area contributed by atoms with E-state index in [1.807, 2.05) is 0 Å². The Labute approximate surface area is 113 Å². The van der Waals surface area contributed by atoms with Crippen molar-refractivity contribution in [3.8, 4) is 0 Å². The normalized spacial score (nSPS) is 23.9. The molecule has 108 valence electrons. The van der Waals surface area contributed by atoms with Crippen molar-refractivity contribution in [2.75, 3.05) is 14.2 Å². The van der Waals surface area contributed by atoms with Gasteiger partial charge in [-0.2, -0.15) is 5.10 Å². The quantitative estimate of drug-likeness (QED) is 0.683. The Morgan fingerprint density at radius 1 is 1.53 bits per heavy atom. The van der Waals surface area contributed by atoms with Crippen LogP contribution >= 0.6 is 0 Å². The van der Waals surface area contributed by atoms with Gasteiger partial charge in [-0.15, -0.1) is 0 Å². The van der Waals surface area contributed by atoms with Crippen LogP contribution in [0.3, 0.4) is 0 Å². The van der Waals surface area contributed by atoms with Gasteiger partial charge in [0, 0.05) is 25.3 Å². The van der Waals surface area contributed by atoms with Crippen LogP contribution in [-0.4, -0.2) is 44.9 Å². The van der Waals surface area contributed by atoms with E-state index in [4.69, 9.17) is 4.74 Å². The highest BCUT2D eigenvalue weighted by atomic mass is 32.2. The smallest absolute Gasteiger partial charge is 0.258 e. The van der Waals surface area contributed by atoms with E-state index >= 15 is 0 Å². The number of sulfonamides is 1. The number of H-pyrrole nitrogens is 1. The second-order valence-electron chi connectivity index (χ2n) is 4.74. The summed E-state index contributed by atoms with van der Waals surface area (Å²) in [4.78, 5) is 0. The lowest BCUT2D eigenvalue weighted by Crippen LogP contribution is -2.34. The molecule has 0 aliphatic heterocycles. The third-order valence-corrected chi connectivity index (χ3v) is 4.89. The molecule has 1 aromatic heterocycles. The molecule has 2 rings (SSSR count). The fourth-order valence-corrected chi connectivity index (χ4v) is 3.80. The van der Waals surface area contributed by atoms with Crippen LogP contribution in [0, 0.1) is 0 Å². The summed E-state index contributed by atoms with van der Waals surface area (Å²) in [6.07, 6.45) is 4.07. The van der Waals surface area contributed by atoms with Gasteiger partial charge in [-0.1, -0.05) is 0 Å². The summed E-state index contributed by atoms with van der Waals surface area (Å²) in [6, 6.07) is -0.0688. The number of hydrogen-bond donors (Lipinski definition) is 3. The molecular weight excluding hydrogens is 268 g/mol. The van der Waals surface area contributed by atoms with E-state index in [2.05, 4.69) is 20.2 Å². The molecule has 1 aliphatic carbocycles. The summed E-state index contributed by atoms with van der Waals surface area (Å²) in [5.41, 5.74) is 0.635. The van der Waals surface area contributed by atoms with Crippen LogP contribution in [0.15, 0.2) is 11.2 Å². The minimum Gasteiger partial charge on any atom is -0.381 e. The van der Waals surface area contributed by atoms with Crippen LogP contribution in [0.2, 0.25) is 0 Å². The van der Waals surface area contributed by atoms with E-state index in [-0.39, 0.29) is 17.2 Å². The Morgan fingerprint density at radius 2 is 2.32 bits per heavy atom. The predicted octanol–water partition coefficient (Wildman–Crippen LogP) is -0.0251. The number of rotatable bonds is 6. The Kier molecular flexibility index (Phi) is 4.56. The molecule has 0 spiro atoms. The van der Waals surface area contributed by atoms with Gasteiger partial charge in [-0.25, -0.2) is 13.1 Å². The number of nitrogens with zero attached hydrogens (tertiary/aromatic N) is 1. The Hall–Kier alpha value is -0.960. The highest BCUT2D eigenvalue weighted by molar-refractivity contribution is 7.89. The highest BCUT2D eigenvalue weighted by Gasteiger charge is 2.30. The molecule has 3 N–H and O–H groups in total. The fourth-order valence-electron chi connectivity index (χ4n) is 2.39. The third-order valence-electron chi connectivity index (χ3n) is 3.35. The molecule has 0 radical (unpaired) electrons. The summed E-state index contributed by atoms with van der Waals surface area (Å²) in [6.45, 7) is 0.456. The summed E-state index contributed by atoms with van der Waals surface area (Å²) in [5, 5.41) is 9.42. The van der Waals surface area contributed by atoms with Crippen molar-refractivity contribution in [2.45, 2.75) is 43.0 Å².